The van der Waals surface area contributed by atoms with Crippen molar-refractivity contribution in [3.8, 4) is 5.75 Å². The molecular weight excluding hydrogens is 430 g/mol. The molecule has 0 spiro atoms. The summed E-state index contributed by atoms with van der Waals surface area (Å²) in [6, 6.07) is 27.0. The van der Waals surface area contributed by atoms with Gasteiger partial charge in [0, 0.05) is 24.1 Å². The van der Waals surface area contributed by atoms with E-state index < -0.39 is 11.0 Å². The molecule has 1 amide bonds. The highest BCUT2D eigenvalue weighted by molar-refractivity contribution is 5.70. The lowest BCUT2D eigenvalue weighted by atomic mass is 9.68. The summed E-state index contributed by atoms with van der Waals surface area (Å²) in [6.45, 7) is 3.40. The molecule has 0 unspecified atom stereocenters. The van der Waals surface area contributed by atoms with Crippen LogP contribution in [-0.2, 0) is 5.41 Å². The van der Waals surface area contributed by atoms with Gasteiger partial charge in [-0.1, -0.05) is 60.7 Å². The molecule has 176 valence electrons. The van der Waals surface area contributed by atoms with Crippen LogP contribution in [0.4, 0.5) is 10.5 Å². The van der Waals surface area contributed by atoms with Crippen LogP contribution in [0.3, 0.4) is 0 Å². The molecular formula is C27H29N3O4. The Morgan fingerprint density at radius 2 is 1.47 bits per heavy atom. The molecule has 0 bridgehead atoms. The van der Waals surface area contributed by atoms with Gasteiger partial charge >= 0.3 is 6.09 Å². The summed E-state index contributed by atoms with van der Waals surface area (Å²) in [6.07, 6.45) is 2.37. The molecule has 4 rings (SSSR count). The van der Waals surface area contributed by atoms with Gasteiger partial charge in [0.15, 0.2) is 0 Å². The van der Waals surface area contributed by atoms with Gasteiger partial charge in [-0.3, -0.25) is 10.1 Å². The van der Waals surface area contributed by atoms with Crippen LogP contribution >= 0.6 is 0 Å². The molecule has 0 saturated carbocycles. The van der Waals surface area contributed by atoms with Crippen LogP contribution < -0.4 is 10.1 Å². The Balaban J connectivity index is 1.24. The number of benzene rings is 3. The van der Waals surface area contributed by atoms with E-state index in [9.17, 15) is 14.9 Å². The Bertz CT molecular complexity index is 1040. The minimum atomic E-state index is -0.556. The maximum atomic E-state index is 12.0. The Morgan fingerprint density at radius 1 is 0.912 bits per heavy atom. The number of rotatable bonds is 8. The molecule has 1 N–H and O–H groups in total. The average Bonchev–Trinajstić information content (AvgIpc) is 2.88. The molecule has 0 aliphatic carbocycles. The zero-order valence-corrected chi connectivity index (χ0v) is 19.1. The lowest BCUT2D eigenvalue weighted by Crippen LogP contribution is -2.44. The van der Waals surface area contributed by atoms with E-state index in [1.54, 1.807) is 0 Å². The molecule has 0 aromatic heterocycles. The van der Waals surface area contributed by atoms with E-state index in [1.165, 1.54) is 35.4 Å². The molecule has 3 aromatic carbocycles. The highest BCUT2D eigenvalue weighted by atomic mass is 16.6. The molecule has 34 heavy (non-hydrogen) atoms. The number of amides is 1. The Kier molecular flexibility index (Phi) is 7.54. The molecule has 0 radical (unpaired) electrons. The van der Waals surface area contributed by atoms with Gasteiger partial charge in [0.1, 0.15) is 5.75 Å². The first-order valence-corrected chi connectivity index (χ1v) is 11.6. The lowest BCUT2D eigenvalue weighted by molar-refractivity contribution is -0.384. The molecule has 1 heterocycles. The van der Waals surface area contributed by atoms with E-state index in [1.807, 2.05) is 0 Å². The van der Waals surface area contributed by atoms with Crippen LogP contribution in [0.25, 0.3) is 0 Å². The van der Waals surface area contributed by atoms with Crippen LogP contribution in [0.1, 0.15) is 30.4 Å². The minimum absolute atomic E-state index is 0.0336. The van der Waals surface area contributed by atoms with Gasteiger partial charge in [-0.25, -0.2) is 4.79 Å². The van der Waals surface area contributed by atoms with E-state index in [0.717, 1.165) is 38.9 Å². The van der Waals surface area contributed by atoms with Crippen LogP contribution in [0.15, 0.2) is 84.9 Å². The number of nitro benzene ring substituents is 1. The smallest absolute Gasteiger partial charge is 0.410 e. The predicted molar refractivity (Wildman–Crippen MR) is 131 cm³/mol. The van der Waals surface area contributed by atoms with Gasteiger partial charge in [0.2, 0.25) is 0 Å². The maximum absolute atomic E-state index is 12.0. The first-order valence-electron chi connectivity index (χ1n) is 11.6. The number of nitro groups is 1. The van der Waals surface area contributed by atoms with Crippen molar-refractivity contribution >= 4 is 11.8 Å². The number of non-ortho nitro benzene ring substituents is 1. The van der Waals surface area contributed by atoms with E-state index in [-0.39, 0.29) is 16.9 Å². The van der Waals surface area contributed by atoms with Crippen molar-refractivity contribution in [2.45, 2.75) is 24.7 Å². The number of likely N-dealkylation sites (tertiary alicyclic amines) is 1. The molecule has 1 saturated heterocycles. The van der Waals surface area contributed by atoms with E-state index in [2.05, 4.69) is 70.9 Å². The Hall–Kier alpha value is -3.71. The van der Waals surface area contributed by atoms with Crippen molar-refractivity contribution in [1.29, 1.82) is 0 Å². The lowest BCUT2D eigenvalue weighted by Gasteiger charge is -2.43. The van der Waals surface area contributed by atoms with Crippen molar-refractivity contribution in [1.82, 2.24) is 10.2 Å². The normalized spacial score (nSPS) is 15.4. The van der Waals surface area contributed by atoms with Gasteiger partial charge in [0.25, 0.3) is 5.69 Å². The van der Waals surface area contributed by atoms with Gasteiger partial charge < -0.3 is 15.0 Å². The number of nitrogens with one attached hydrogen (secondary N) is 1. The molecule has 0 atom stereocenters. The van der Waals surface area contributed by atoms with Crippen LogP contribution in [0, 0.1) is 10.1 Å². The number of piperidine rings is 1. The minimum Gasteiger partial charge on any atom is -0.410 e. The third-order valence-electron chi connectivity index (χ3n) is 6.54. The fourth-order valence-electron chi connectivity index (χ4n) is 4.69. The number of hydrogen-bond acceptors (Lipinski definition) is 5. The summed E-state index contributed by atoms with van der Waals surface area (Å²) in [7, 11) is 0. The largest absolute Gasteiger partial charge is 0.412 e. The second-order valence-electron chi connectivity index (χ2n) is 8.58. The van der Waals surface area contributed by atoms with Gasteiger partial charge in [-0.05, 0) is 62.2 Å². The summed E-state index contributed by atoms with van der Waals surface area (Å²) >= 11 is 0. The van der Waals surface area contributed by atoms with Crippen LogP contribution in [0.5, 0.6) is 5.75 Å². The number of carbonyl (C=O) groups is 1. The number of hydrogen-bond donors (Lipinski definition) is 1. The SMILES string of the molecule is O=C(NCCCN1CCC(c2ccccc2)(c2ccccc2)CC1)Oc1ccc([N+](=O)[O-])cc1. The monoisotopic (exact) mass is 459 g/mol. The van der Waals surface area contributed by atoms with Gasteiger partial charge in [-0.2, -0.15) is 0 Å². The zero-order chi connectivity index (χ0) is 23.8. The van der Waals surface area contributed by atoms with Crippen LogP contribution in [0.2, 0.25) is 0 Å². The molecule has 1 fully saturated rings. The van der Waals surface area contributed by atoms with Crippen molar-refractivity contribution in [2.75, 3.05) is 26.2 Å². The first kappa shape index (κ1) is 23.4. The summed E-state index contributed by atoms with van der Waals surface area (Å²) < 4.78 is 5.18. The number of nitrogens with zero attached hydrogens (tertiary/aromatic N) is 2. The molecule has 3 aromatic rings. The molecule has 7 heteroatoms. The number of carbonyl (C=O) groups excluding carboxylic acids is 1. The summed E-state index contributed by atoms with van der Waals surface area (Å²) in [4.78, 5) is 24.7. The van der Waals surface area contributed by atoms with Crippen molar-refractivity contribution in [3.05, 3.63) is 106 Å². The quantitative estimate of drug-likeness (QED) is 0.286. The highest BCUT2D eigenvalue weighted by Crippen LogP contribution is 2.41. The first-order chi connectivity index (χ1) is 16.6. The second-order valence-corrected chi connectivity index (χ2v) is 8.58. The highest BCUT2D eigenvalue weighted by Gasteiger charge is 2.37. The third-order valence-corrected chi connectivity index (χ3v) is 6.54. The van der Waals surface area contributed by atoms with E-state index in [0.29, 0.717) is 6.54 Å². The fraction of sp³-hybridized carbons (Fsp3) is 0.296. The summed E-state index contributed by atoms with van der Waals surface area (Å²) in [5, 5.41) is 13.5. The third kappa shape index (κ3) is 5.61. The van der Waals surface area contributed by atoms with Crippen LogP contribution in [-0.4, -0.2) is 42.1 Å². The average molecular weight is 460 g/mol. The molecule has 7 nitrogen and oxygen atoms in total. The van der Waals surface area contributed by atoms with Gasteiger partial charge in [-0.15, -0.1) is 0 Å². The van der Waals surface area contributed by atoms with E-state index >= 15 is 0 Å². The summed E-state index contributed by atoms with van der Waals surface area (Å²) in [5.41, 5.74) is 2.73. The van der Waals surface area contributed by atoms with Crippen molar-refractivity contribution < 1.29 is 14.5 Å². The maximum Gasteiger partial charge on any atom is 0.412 e. The fourth-order valence-corrected chi connectivity index (χ4v) is 4.69. The predicted octanol–water partition coefficient (Wildman–Crippen LogP) is 5.16. The standard InChI is InChI=1S/C27H29N3O4/c31-26(34-25-14-12-24(13-15-25)30(32)33)28-18-7-19-29-20-16-27(17-21-29,22-8-3-1-4-9-22)23-10-5-2-6-11-23/h1-6,8-15H,7,16-21H2,(H,28,31). The summed E-state index contributed by atoms with van der Waals surface area (Å²) in [5.74, 6) is 0.275. The topological polar surface area (TPSA) is 84.7 Å². The Labute approximate surface area is 199 Å². The van der Waals surface area contributed by atoms with Crippen molar-refractivity contribution in [3.63, 3.8) is 0 Å². The molecule has 1 aliphatic heterocycles. The Morgan fingerprint density at radius 3 is 2.00 bits per heavy atom. The number of ether oxygens (including phenoxy) is 1. The second kappa shape index (κ2) is 10.9. The van der Waals surface area contributed by atoms with E-state index in [4.69, 9.17) is 4.74 Å². The van der Waals surface area contributed by atoms with Crippen molar-refractivity contribution in [2.24, 2.45) is 0 Å². The van der Waals surface area contributed by atoms with Gasteiger partial charge in [0.05, 0.1) is 4.92 Å². The zero-order valence-electron chi connectivity index (χ0n) is 19.1. The molecule has 1 aliphatic rings.